The van der Waals surface area contributed by atoms with Crippen LogP contribution in [0.15, 0.2) is 89.4 Å². The van der Waals surface area contributed by atoms with Gasteiger partial charge in [-0.1, -0.05) is 41.9 Å². The van der Waals surface area contributed by atoms with Crippen molar-refractivity contribution in [1.82, 2.24) is 0 Å². The van der Waals surface area contributed by atoms with E-state index in [1.165, 1.54) is 26.4 Å². The van der Waals surface area contributed by atoms with Gasteiger partial charge in [0.2, 0.25) is 0 Å². The second kappa shape index (κ2) is 10.8. The van der Waals surface area contributed by atoms with Gasteiger partial charge in [0.05, 0.1) is 42.4 Å². The molecular formula is C30H25ClN4O5. The Hall–Kier alpha value is -4.81. The Morgan fingerprint density at radius 1 is 1.07 bits per heavy atom. The first kappa shape index (κ1) is 26.8. The summed E-state index contributed by atoms with van der Waals surface area (Å²) in [5, 5.41) is 22.1. The fourth-order valence-electron chi connectivity index (χ4n) is 5.54. The number of nitriles is 1. The Labute approximate surface area is 235 Å². The topological polar surface area (TPSA) is 132 Å². The number of benzene rings is 3. The quantitative estimate of drug-likeness (QED) is 0.290. The van der Waals surface area contributed by atoms with E-state index in [0.717, 1.165) is 5.56 Å². The number of hydrogen-bond acceptors (Lipinski definition) is 8. The van der Waals surface area contributed by atoms with Crippen molar-refractivity contribution in [3.63, 3.8) is 0 Å². The van der Waals surface area contributed by atoms with Gasteiger partial charge in [0.15, 0.2) is 5.78 Å². The van der Waals surface area contributed by atoms with Crippen LogP contribution in [0.4, 0.5) is 11.4 Å². The van der Waals surface area contributed by atoms with Crippen LogP contribution in [0.1, 0.15) is 35.8 Å². The van der Waals surface area contributed by atoms with Gasteiger partial charge in [-0.15, -0.1) is 0 Å². The number of carbonyl (C=O) groups is 1. The maximum Gasteiger partial charge on any atom is 0.289 e. The molecule has 0 saturated carbocycles. The Balaban J connectivity index is 1.79. The number of nitro benzene ring substituents is 1. The number of hydrogen-bond donors (Lipinski definition) is 1. The van der Waals surface area contributed by atoms with E-state index in [1.54, 1.807) is 29.2 Å². The molecule has 2 N–H and O–H groups in total. The number of ether oxygens (including phenoxy) is 2. The van der Waals surface area contributed by atoms with Gasteiger partial charge < -0.3 is 15.2 Å². The fourth-order valence-corrected chi connectivity index (χ4v) is 5.73. The van der Waals surface area contributed by atoms with Gasteiger partial charge in [0, 0.05) is 29.3 Å². The molecule has 5 rings (SSSR count). The zero-order chi connectivity index (χ0) is 28.6. The average Bonchev–Trinajstić information content (AvgIpc) is 2.97. The Kier molecular flexibility index (Phi) is 7.20. The van der Waals surface area contributed by atoms with Gasteiger partial charge in [0.25, 0.3) is 5.69 Å². The molecule has 0 spiro atoms. The molecule has 0 saturated heterocycles. The summed E-state index contributed by atoms with van der Waals surface area (Å²) < 4.78 is 11.1. The van der Waals surface area contributed by atoms with Crippen LogP contribution in [0.2, 0.25) is 5.02 Å². The zero-order valence-electron chi connectivity index (χ0n) is 21.8. The third kappa shape index (κ3) is 4.52. The lowest BCUT2D eigenvalue weighted by Crippen LogP contribution is -2.40. The highest BCUT2D eigenvalue weighted by molar-refractivity contribution is 6.32. The summed E-state index contributed by atoms with van der Waals surface area (Å²) in [6, 6.07) is 21.3. The molecule has 202 valence electrons. The molecule has 2 aliphatic rings. The predicted octanol–water partition coefficient (Wildman–Crippen LogP) is 5.96. The molecule has 3 aromatic rings. The number of methoxy groups -OCH3 is 2. The highest BCUT2D eigenvalue weighted by Crippen LogP contribution is 2.51. The largest absolute Gasteiger partial charge is 0.497 e. The lowest BCUT2D eigenvalue weighted by atomic mass is 9.71. The van der Waals surface area contributed by atoms with E-state index in [0.29, 0.717) is 40.4 Å². The van der Waals surface area contributed by atoms with E-state index in [4.69, 9.17) is 26.8 Å². The van der Waals surface area contributed by atoms with Crippen LogP contribution >= 0.6 is 11.6 Å². The highest BCUT2D eigenvalue weighted by Gasteiger charge is 2.44. The molecule has 3 aromatic carbocycles. The number of nitrogens with two attached hydrogens (primary N) is 1. The molecule has 10 heteroatoms. The minimum absolute atomic E-state index is 0.0381. The average molecular weight is 557 g/mol. The summed E-state index contributed by atoms with van der Waals surface area (Å²) in [6.45, 7) is 0. The third-order valence-corrected chi connectivity index (χ3v) is 7.69. The van der Waals surface area contributed by atoms with Crippen LogP contribution in [-0.2, 0) is 4.79 Å². The number of halogens is 1. The number of nitrogens with zero attached hydrogens (tertiary/aromatic N) is 3. The smallest absolute Gasteiger partial charge is 0.289 e. The second-order valence-electron chi connectivity index (χ2n) is 9.48. The molecule has 1 aliphatic heterocycles. The Morgan fingerprint density at radius 3 is 2.48 bits per heavy atom. The molecule has 1 aliphatic carbocycles. The first-order valence-corrected chi connectivity index (χ1v) is 12.8. The van der Waals surface area contributed by atoms with Crippen molar-refractivity contribution in [2.75, 3.05) is 19.1 Å². The molecular weight excluding hydrogens is 532 g/mol. The van der Waals surface area contributed by atoms with Gasteiger partial charge in [-0.3, -0.25) is 19.8 Å². The van der Waals surface area contributed by atoms with Crippen LogP contribution in [0.25, 0.3) is 0 Å². The summed E-state index contributed by atoms with van der Waals surface area (Å²) in [6.07, 6.45) is 0.628. The van der Waals surface area contributed by atoms with E-state index in [2.05, 4.69) is 6.07 Å². The molecule has 0 radical (unpaired) electrons. The van der Waals surface area contributed by atoms with Crippen molar-refractivity contribution >= 4 is 28.8 Å². The summed E-state index contributed by atoms with van der Waals surface area (Å²) in [5.74, 6) is -0.0935. The van der Waals surface area contributed by atoms with Crippen LogP contribution < -0.4 is 20.1 Å². The minimum Gasteiger partial charge on any atom is -0.497 e. The molecule has 0 bridgehead atoms. The van der Waals surface area contributed by atoms with E-state index < -0.39 is 10.8 Å². The van der Waals surface area contributed by atoms with E-state index >= 15 is 0 Å². The molecule has 2 atom stereocenters. The summed E-state index contributed by atoms with van der Waals surface area (Å²) in [4.78, 5) is 26.8. The van der Waals surface area contributed by atoms with Crippen molar-refractivity contribution in [1.29, 1.82) is 5.26 Å². The Morgan fingerprint density at radius 2 is 1.82 bits per heavy atom. The van der Waals surface area contributed by atoms with Crippen molar-refractivity contribution in [2.24, 2.45) is 5.73 Å². The number of rotatable bonds is 6. The molecule has 0 aromatic heterocycles. The number of ketones is 1. The van der Waals surface area contributed by atoms with Gasteiger partial charge in [-0.25, -0.2) is 0 Å². The van der Waals surface area contributed by atoms with Crippen LogP contribution in [0, 0.1) is 21.4 Å². The molecule has 0 amide bonds. The monoisotopic (exact) mass is 556 g/mol. The van der Waals surface area contributed by atoms with Crippen molar-refractivity contribution in [3.8, 4) is 17.6 Å². The van der Waals surface area contributed by atoms with Gasteiger partial charge >= 0.3 is 0 Å². The first-order chi connectivity index (χ1) is 19.3. The molecule has 40 heavy (non-hydrogen) atoms. The number of allylic oxidation sites excluding steroid dienone is 3. The summed E-state index contributed by atoms with van der Waals surface area (Å²) in [5.41, 5.74) is 9.34. The normalized spacial score (nSPS) is 18.8. The molecule has 1 heterocycles. The predicted molar refractivity (Wildman–Crippen MR) is 150 cm³/mol. The van der Waals surface area contributed by atoms with Crippen LogP contribution in [-0.4, -0.2) is 24.9 Å². The highest BCUT2D eigenvalue weighted by atomic mass is 35.5. The van der Waals surface area contributed by atoms with Crippen molar-refractivity contribution in [2.45, 2.75) is 24.7 Å². The fraction of sp³-hybridized carbons (Fsp3) is 0.200. The van der Waals surface area contributed by atoms with E-state index in [9.17, 15) is 20.2 Å². The molecule has 9 nitrogen and oxygen atoms in total. The maximum absolute atomic E-state index is 14.1. The van der Waals surface area contributed by atoms with Gasteiger partial charge in [-0.2, -0.15) is 5.26 Å². The summed E-state index contributed by atoms with van der Waals surface area (Å²) in [7, 11) is 3.04. The standard InChI is InChI=1S/C30H25ClN4O5/c1-39-20-9-11-27(40-2)21(15-20)28-22(16-32)30(33)34(19-8-10-23(31)24(14-19)35(37)38)25-12-18(13-26(36)29(25)28)17-6-4-3-5-7-17/h3-11,14-15,18,28H,12-13,33H2,1-2H3/t18-,28-/m0/s1. The van der Waals surface area contributed by atoms with Gasteiger partial charge in [0.1, 0.15) is 22.3 Å². The van der Waals surface area contributed by atoms with Crippen LogP contribution in [0.5, 0.6) is 11.5 Å². The SMILES string of the molecule is COc1ccc(OC)c([C@H]2C(C#N)=C(N)N(c3ccc(Cl)c([N+](=O)[O-])c3)C3=C2C(=O)C[C@@H](c2ccccc2)C3)c1. The van der Waals surface area contributed by atoms with Crippen molar-refractivity contribution < 1.29 is 19.2 Å². The minimum atomic E-state index is -0.826. The Bertz CT molecular complexity index is 1630. The number of anilines is 1. The second-order valence-corrected chi connectivity index (χ2v) is 9.89. The number of Topliss-reactive ketones (excluding diaryl/α,β-unsaturated/α-hetero) is 1. The lowest BCUT2D eigenvalue weighted by Gasteiger charge is -2.41. The molecule has 0 fully saturated rings. The molecule has 0 unspecified atom stereocenters. The number of carbonyl (C=O) groups excluding carboxylic acids is 1. The third-order valence-electron chi connectivity index (χ3n) is 7.37. The maximum atomic E-state index is 14.1. The van der Waals surface area contributed by atoms with E-state index in [1.807, 2.05) is 30.3 Å². The van der Waals surface area contributed by atoms with E-state index in [-0.39, 0.29) is 40.2 Å². The van der Waals surface area contributed by atoms with Gasteiger partial charge in [-0.05, 0) is 48.2 Å². The lowest BCUT2D eigenvalue weighted by molar-refractivity contribution is -0.384. The van der Waals surface area contributed by atoms with Crippen LogP contribution in [0.3, 0.4) is 0 Å². The number of nitro groups is 1. The zero-order valence-corrected chi connectivity index (χ0v) is 22.5. The summed E-state index contributed by atoms with van der Waals surface area (Å²) >= 11 is 6.10. The van der Waals surface area contributed by atoms with Crippen molar-refractivity contribution in [3.05, 3.63) is 116 Å². The first-order valence-electron chi connectivity index (χ1n) is 12.5.